The molecule has 1 amide bonds. The van der Waals surface area contributed by atoms with Gasteiger partial charge in [-0.25, -0.2) is 10.2 Å². The Kier molecular flexibility index (Phi) is 5.92. The van der Waals surface area contributed by atoms with E-state index in [9.17, 15) is 9.59 Å². The maximum absolute atomic E-state index is 12.0. The minimum Gasteiger partial charge on any atom is -0.462 e. The number of carbonyl (C=O) groups is 2. The molecule has 0 atom stereocenters. The third kappa shape index (κ3) is 4.11. The first kappa shape index (κ1) is 17.9. The van der Waals surface area contributed by atoms with Gasteiger partial charge in [-0.2, -0.15) is 5.10 Å². The van der Waals surface area contributed by atoms with Crippen LogP contribution >= 0.6 is 11.3 Å². The molecule has 0 radical (unpaired) electrons. The van der Waals surface area contributed by atoms with Crippen molar-refractivity contribution in [3.8, 4) is 0 Å². The number of ether oxygens (including phenoxy) is 1. The summed E-state index contributed by atoms with van der Waals surface area (Å²) in [5.74, 6) is -0.534. The molecule has 2 heterocycles. The number of amides is 1. The Morgan fingerprint density at radius 1 is 1.38 bits per heavy atom. The minimum absolute atomic E-state index is 0.177. The number of hydrazone groups is 1. The molecule has 6 nitrogen and oxygen atoms in total. The lowest BCUT2D eigenvalue weighted by Crippen LogP contribution is -2.21. The van der Waals surface area contributed by atoms with Crippen molar-refractivity contribution in [3.05, 3.63) is 44.9 Å². The number of hydrogen-bond acceptors (Lipinski definition) is 5. The second-order valence-electron chi connectivity index (χ2n) is 5.33. The number of nitrogens with one attached hydrogen (secondary N) is 2. The molecule has 0 aliphatic carbocycles. The Morgan fingerprint density at radius 3 is 2.75 bits per heavy atom. The van der Waals surface area contributed by atoms with E-state index in [1.807, 2.05) is 31.4 Å². The quantitative estimate of drug-likeness (QED) is 0.479. The molecule has 2 aromatic heterocycles. The molecule has 0 unspecified atom stereocenters. The number of H-pyrrole nitrogens is 1. The predicted octanol–water partition coefficient (Wildman–Crippen LogP) is 2.95. The molecule has 0 spiro atoms. The van der Waals surface area contributed by atoms with Gasteiger partial charge in [0.25, 0.3) is 0 Å². The average Bonchev–Trinajstić information content (AvgIpc) is 3.13. The van der Waals surface area contributed by atoms with Gasteiger partial charge in [-0.3, -0.25) is 4.79 Å². The molecule has 2 N–H and O–H groups in total. The van der Waals surface area contributed by atoms with E-state index < -0.39 is 0 Å². The van der Waals surface area contributed by atoms with Crippen LogP contribution in [0, 0.1) is 13.8 Å². The Bertz CT molecular complexity index is 760. The first-order valence-electron chi connectivity index (χ1n) is 7.66. The predicted molar refractivity (Wildman–Crippen MR) is 94.6 cm³/mol. The molecule has 0 saturated carbocycles. The lowest BCUT2D eigenvalue weighted by Gasteiger charge is -2.03. The molecule has 0 aliphatic rings. The van der Waals surface area contributed by atoms with E-state index in [1.54, 1.807) is 13.8 Å². The fraction of sp³-hybridized carbons (Fsp3) is 0.353. The van der Waals surface area contributed by atoms with E-state index in [1.165, 1.54) is 11.3 Å². The van der Waals surface area contributed by atoms with Crippen LogP contribution in [0.4, 0.5) is 0 Å². The second kappa shape index (κ2) is 7.92. The molecule has 0 saturated heterocycles. The third-order valence-electron chi connectivity index (χ3n) is 3.54. The van der Waals surface area contributed by atoms with Crippen LogP contribution in [0.2, 0.25) is 0 Å². The van der Waals surface area contributed by atoms with E-state index in [4.69, 9.17) is 4.74 Å². The topological polar surface area (TPSA) is 83.6 Å². The summed E-state index contributed by atoms with van der Waals surface area (Å²) in [5, 5.41) is 6.06. The lowest BCUT2D eigenvalue weighted by atomic mass is 10.1. The van der Waals surface area contributed by atoms with E-state index in [0.29, 0.717) is 30.0 Å². The molecule has 0 bridgehead atoms. The molecule has 0 fully saturated rings. The van der Waals surface area contributed by atoms with Gasteiger partial charge in [-0.15, -0.1) is 11.3 Å². The third-order valence-corrected chi connectivity index (χ3v) is 4.42. The van der Waals surface area contributed by atoms with Gasteiger partial charge in [0.05, 0.1) is 30.0 Å². The number of esters is 1. The number of nitrogens with zero attached hydrogens (tertiary/aromatic N) is 1. The lowest BCUT2D eigenvalue weighted by molar-refractivity contribution is -0.120. The molecule has 128 valence electrons. The summed E-state index contributed by atoms with van der Waals surface area (Å²) in [6, 6.07) is 3.81. The van der Waals surface area contributed by atoms with Crippen molar-refractivity contribution < 1.29 is 14.3 Å². The molecule has 24 heavy (non-hydrogen) atoms. The van der Waals surface area contributed by atoms with Crippen molar-refractivity contribution in [2.45, 2.75) is 34.1 Å². The van der Waals surface area contributed by atoms with Crippen LogP contribution in [-0.4, -0.2) is 29.2 Å². The smallest absolute Gasteiger partial charge is 0.340 e. The van der Waals surface area contributed by atoms with Crippen LogP contribution < -0.4 is 5.43 Å². The highest BCUT2D eigenvalue weighted by molar-refractivity contribution is 7.10. The number of carbonyl (C=O) groups excluding carboxylic acids is 2. The largest absolute Gasteiger partial charge is 0.462 e. The summed E-state index contributed by atoms with van der Waals surface area (Å²) in [7, 11) is 0. The van der Waals surface area contributed by atoms with Gasteiger partial charge in [0, 0.05) is 10.6 Å². The van der Waals surface area contributed by atoms with Gasteiger partial charge in [0.1, 0.15) is 0 Å². The Morgan fingerprint density at radius 2 is 2.12 bits per heavy atom. The standard InChI is InChI=1S/C17H21N3O3S/c1-5-23-17(22)15-10(2)16(18-11(15)3)12(4)19-20-14(21)9-13-7-6-8-24-13/h6-8,18H,5,9H2,1-4H3,(H,20,21)/b19-12+. The van der Waals surface area contributed by atoms with Gasteiger partial charge in [0.15, 0.2) is 0 Å². The molecule has 7 heteroatoms. The molecule has 2 aromatic rings. The normalized spacial score (nSPS) is 11.4. The van der Waals surface area contributed by atoms with Gasteiger partial charge in [0.2, 0.25) is 5.91 Å². The Labute approximate surface area is 144 Å². The number of hydrogen-bond donors (Lipinski definition) is 2. The van der Waals surface area contributed by atoms with E-state index in [-0.39, 0.29) is 11.9 Å². The first-order chi connectivity index (χ1) is 11.4. The van der Waals surface area contributed by atoms with Crippen LogP contribution in [0.15, 0.2) is 22.6 Å². The molecular formula is C17H21N3O3S. The van der Waals surface area contributed by atoms with Crippen molar-refractivity contribution in [3.63, 3.8) is 0 Å². The van der Waals surface area contributed by atoms with E-state index in [2.05, 4.69) is 15.5 Å². The van der Waals surface area contributed by atoms with Crippen molar-refractivity contribution in [1.29, 1.82) is 0 Å². The van der Waals surface area contributed by atoms with Crippen molar-refractivity contribution >= 4 is 28.9 Å². The van der Waals surface area contributed by atoms with Crippen LogP contribution in [0.3, 0.4) is 0 Å². The summed E-state index contributed by atoms with van der Waals surface area (Å²) in [6.07, 6.45) is 0.297. The van der Waals surface area contributed by atoms with Crippen molar-refractivity contribution in [2.24, 2.45) is 5.10 Å². The van der Waals surface area contributed by atoms with E-state index >= 15 is 0 Å². The fourth-order valence-electron chi connectivity index (χ4n) is 2.43. The number of aryl methyl sites for hydroxylation is 1. The number of aromatic nitrogens is 1. The zero-order valence-electron chi connectivity index (χ0n) is 14.2. The first-order valence-corrected chi connectivity index (χ1v) is 8.54. The molecule has 0 aromatic carbocycles. The zero-order chi connectivity index (χ0) is 17.7. The zero-order valence-corrected chi connectivity index (χ0v) is 15.0. The Balaban J connectivity index is 2.11. The summed E-state index contributed by atoms with van der Waals surface area (Å²) < 4.78 is 5.07. The summed E-state index contributed by atoms with van der Waals surface area (Å²) >= 11 is 1.53. The minimum atomic E-state index is -0.357. The van der Waals surface area contributed by atoms with Gasteiger partial charge in [-0.05, 0) is 44.7 Å². The SMILES string of the molecule is CCOC(=O)c1c(C)[nH]c(/C(C)=N/NC(=O)Cc2cccs2)c1C. The van der Waals surface area contributed by atoms with E-state index in [0.717, 1.165) is 16.1 Å². The summed E-state index contributed by atoms with van der Waals surface area (Å²) in [6.45, 7) is 7.51. The average molecular weight is 347 g/mol. The summed E-state index contributed by atoms with van der Waals surface area (Å²) in [4.78, 5) is 28.0. The number of thiophene rings is 1. The van der Waals surface area contributed by atoms with Gasteiger partial charge in [-0.1, -0.05) is 6.07 Å². The highest BCUT2D eigenvalue weighted by Crippen LogP contribution is 2.19. The van der Waals surface area contributed by atoms with Crippen LogP contribution in [-0.2, 0) is 16.0 Å². The molecule has 0 aliphatic heterocycles. The summed E-state index contributed by atoms with van der Waals surface area (Å²) in [5.41, 5.74) is 5.87. The highest BCUT2D eigenvalue weighted by Gasteiger charge is 2.20. The maximum Gasteiger partial charge on any atom is 0.340 e. The number of aromatic amines is 1. The van der Waals surface area contributed by atoms with Crippen LogP contribution in [0.25, 0.3) is 0 Å². The van der Waals surface area contributed by atoms with Gasteiger partial charge < -0.3 is 9.72 Å². The maximum atomic E-state index is 12.0. The Hall–Kier alpha value is -2.41. The van der Waals surface area contributed by atoms with Crippen LogP contribution in [0.5, 0.6) is 0 Å². The number of rotatable bonds is 6. The second-order valence-corrected chi connectivity index (χ2v) is 6.37. The highest BCUT2D eigenvalue weighted by atomic mass is 32.1. The van der Waals surface area contributed by atoms with Crippen molar-refractivity contribution in [2.75, 3.05) is 6.61 Å². The van der Waals surface area contributed by atoms with Crippen LogP contribution in [0.1, 0.15) is 46.0 Å². The monoisotopic (exact) mass is 347 g/mol. The molecule has 2 rings (SSSR count). The molecular weight excluding hydrogens is 326 g/mol. The van der Waals surface area contributed by atoms with Gasteiger partial charge >= 0.3 is 5.97 Å². The fourth-order valence-corrected chi connectivity index (χ4v) is 3.14. The van der Waals surface area contributed by atoms with Crippen molar-refractivity contribution in [1.82, 2.24) is 10.4 Å².